The van der Waals surface area contributed by atoms with E-state index in [1.165, 1.54) is 0 Å². The maximum Gasteiger partial charge on any atom is 0.128 e. The molecule has 100 valence electrons. The van der Waals surface area contributed by atoms with E-state index in [9.17, 15) is 0 Å². The van der Waals surface area contributed by atoms with Crippen molar-refractivity contribution in [2.45, 2.75) is 19.4 Å². The molecule has 0 amide bonds. The van der Waals surface area contributed by atoms with E-state index in [1.54, 1.807) is 12.4 Å². The Morgan fingerprint density at radius 3 is 2.95 bits per heavy atom. The molecule has 0 bridgehead atoms. The fourth-order valence-corrected chi connectivity index (χ4v) is 2.20. The molecule has 19 heavy (non-hydrogen) atoms. The van der Waals surface area contributed by atoms with E-state index in [-0.39, 0.29) is 6.04 Å². The second kappa shape index (κ2) is 6.50. The highest BCUT2D eigenvalue weighted by Gasteiger charge is 2.15. The Labute approximate surface area is 118 Å². The molecule has 0 aromatic carbocycles. The molecule has 0 radical (unpaired) electrons. The van der Waals surface area contributed by atoms with E-state index in [2.05, 4.69) is 22.2 Å². The van der Waals surface area contributed by atoms with Crippen LogP contribution in [0.1, 0.15) is 24.1 Å². The first-order valence-corrected chi connectivity index (χ1v) is 6.61. The number of nitrogens with two attached hydrogens (primary N) is 1. The number of nitrogen functional groups attached to an aromatic ring is 1. The Bertz CT molecular complexity index is 530. The van der Waals surface area contributed by atoms with Gasteiger partial charge in [0.15, 0.2) is 0 Å². The predicted molar refractivity (Wildman–Crippen MR) is 78.0 cm³/mol. The molecule has 2 aromatic rings. The van der Waals surface area contributed by atoms with E-state index in [4.69, 9.17) is 17.3 Å². The van der Waals surface area contributed by atoms with Gasteiger partial charge in [-0.3, -0.25) is 4.98 Å². The van der Waals surface area contributed by atoms with Gasteiger partial charge >= 0.3 is 0 Å². The lowest BCUT2D eigenvalue weighted by Gasteiger charge is -2.19. The molecule has 2 aromatic heterocycles. The van der Waals surface area contributed by atoms with Crippen molar-refractivity contribution in [3.63, 3.8) is 0 Å². The number of nitrogens with one attached hydrogen (secondary N) is 1. The summed E-state index contributed by atoms with van der Waals surface area (Å²) in [6.07, 6.45) is 5.99. The second-order valence-corrected chi connectivity index (χ2v) is 4.74. The largest absolute Gasteiger partial charge is 0.383 e. The van der Waals surface area contributed by atoms with Crippen molar-refractivity contribution in [2.75, 3.05) is 12.3 Å². The molecule has 1 unspecified atom stereocenters. The molecule has 0 aliphatic carbocycles. The van der Waals surface area contributed by atoms with Crippen LogP contribution in [0.25, 0.3) is 0 Å². The van der Waals surface area contributed by atoms with E-state index < -0.39 is 0 Å². The number of likely N-dealkylation sites (N-methyl/N-ethyl adjacent to an activating group) is 1. The van der Waals surface area contributed by atoms with Gasteiger partial charge in [-0.1, -0.05) is 24.6 Å². The number of aromatic nitrogens is 2. The third-order valence-corrected chi connectivity index (χ3v) is 3.11. The summed E-state index contributed by atoms with van der Waals surface area (Å²) < 4.78 is 0. The van der Waals surface area contributed by atoms with Gasteiger partial charge in [-0.2, -0.15) is 0 Å². The predicted octanol–water partition coefficient (Wildman–Crippen LogP) is 2.61. The molecule has 0 spiro atoms. The Balaban J connectivity index is 2.27. The molecule has 3 N–H and O–H groups in total. The minimum Gasteiger partial charge on any atom is -0.383 e. The van der Waals surface area contributed by atoms with E-state index in [0.717, 1.165) is 24.1 Å². The van der Waals surface area contributed by atoms with Gasteiger partial charge in [0.05, 0.1) is 5.02 Å². The zero-order valence-corrected chi connectivity index (χ0v) is 11.6. The van der Waals surface area contributed by atoms with Crippen LogP contribution in [-0.2, 0) is 6.42 Å². The monoisotopic (exact) mass is 276 g/mol. The minimum absolute atomic E-state index is 0.0837. The fraction of sp³-hybridized carbons (Fsp3) is 0.286. The summed E-state index contributed by atoms with van der Waals surface area (Å²) in [6, 6.07) is 5.93. The highest BCUT2D eigenvalue weighted by atomic mass is 35.5. The van der Waals surface area contributed by atoms with Crippen LogP contribution >= 0.6 is 11.6 Å². The highest BCUT2D eigenvalue weighted by Crippen LogP contribution is 2.25. The van der Waals surface area contributed by atoms with Crippen LogP contribution in [0.15, 0.2) is 36.8 Å². The van der Waals surface area contributed by atoms with Gasteiger partial charge in [-0.05, 0) is 30.7 Å². The second-order valence-electron chi connectivity index (χ2n) is 4.30. The Kier molecular flexibility index (Phi) is 4.71. The highest BCUT2D eigenvalue weighted by molar-refractivity contribution is 6.30. The normalized spacial score (nSPS) is 12.3. The molecule has 0 saturated carbocycles. The summed E-state index contributed by atoms with van der Waals surface area (Å²) in [5, 5.41) is 4.00. The molecule has 5 heteroatoms. The first-order chi connectivity index (χ1) is 9.20. The SMILES string of the molecule is CCNC(Cc1cccnc1)c1cc(Cl)cnc1N. The van der Waals surface area contributed by atoms with E-state index in [0.29, 0.717) is 10.8 Å². The van der Waals surface area contributed by atoms with Gasteiger partial charge in [0.1, 0.15) is 5.82 Å². The lowest BCUT2D eigenvalue weighted by molar-refractivity contribution is 0.549. The number of anilines is 1. The van der Waals surface area contributed by atoms with Crippen molar-refractivity contribution < 1.29 is 0 Å². The molecule has 2 heterocycles. The molecule has 1 atom stereocenters. The van der Waals surface area contributed by atoms with Crippen molar-refractivity contribution in [2.24, 2.45) is 0 Å². The molecule has 2 rings (SSSR count). The summed E-state index contributed by atoms with van der Waals surface area (Å²) in [5.41, 5.74) is 8.02. The quantitative estimate of drug-likeness (QED) is 0.881. The molecule has 0 aliphatic rings. The Morgan fingerprint density at radius 2 is 2.26 bits per heavy atom. The molecule has 4 nitrogen and oxygen atoms in total. The summed E-state index contributed by atoms with van der Waals surface area (Å²) >= 11 is 6.01. The maximum absolute atomic E-state index is 6.01. The Hall–Kier alpha value is -1.65. The van der Waals surface area contributed by atoms with Crippen LogP contribution < -0.4 is 11.1 Å². The van der Waals surface area contributed by atoms with Gasteiger partial charge < -0.3 is 11.1 Å². The zero-order valence-electron chi connectivity index (χ0n) is 10.8. The summed E-state index contributed by atoms with van der Waals surface area (Å²) in [4.78, 5) is 8.24. The number of pyridine rings is 2. The average Bonchev–Trinajstić information content (AvgIpc) is 2.42. The van der Waals surface area contributed by atoms with Gasteiger partial charge in [0, 0.05) is 30.2 Å². The molecule has 0 aliphatic heterocycles. The van der Waals surface area contributed by atoms with Gasteiger partial charge in [0.25, 0.3) is 0 Å². The molecular weight excluding hydrogens is 260 g/mol. The van der Waals surface area contributed by atoms with E-state index in [1.807, 2.05) is 24.4 Å². The van der Waals surface area contributed by atoms with Gasteiger partial charge in [-0.25, -0.2) is 4.98 Å². The third kappa shape index (κ3) is 3.66. The zero-order chi connectivity index (χ0) is 13.7. The van der Waals surface area contributed by atoms with Crippen LogP contribution in [0.2, 0.25) is 5.02 Å². The molecular formula is C14H17ClN4. The smallest absolute Gasteiger partial charge is 0.128 e. The van der Waals surface area contributed by atoms with Crippen LogP contribution in [0.5, 0.6) is 0 Å². The lowest BCUT2D eigenvalue weighted by atomic mass is 10.0. The first kappa shape index (κ1) is 13.8. The standard InChI is InChI=1S/C14H17ClN4/c1-2-18-13(6-10-4-3-5-17-8-10)12-7-11(15)9-19-14(12)16/h3-5,7-9,13,18H,2,6H2,1H3,(H2,16,19). The number of hydrogen-bond acceptors (Lipinski definition) is 4. The van der Waals surface area contributed by atoms with E-state index >= 15 is 0 Å². The number of hydrogen-bond donors (Lipinski definition) is 2. The summed E-state index contributed by atoms with van der Waals surface area (Å²) in [6.45, 7) is 2.90. The van der Waals surface area contributed by atoms with Crippen molar-refractivity contribution >= 4 is 17.4 Å². The molecule has 0 saturated heterocycles. The average molecular weight is 277 g/mol. The van der Waals surface area contributed by atoms with Crippen LogP contribution in [0.4, 0.5) is 5.82 Å². The van der Waals surface area contributed by atoms with Crippen LogP contribution in [0, 0.1) is 0 Å². The number of nitrogens with zero attached hydrogens (tertiary/aromatic N) is 2. The van der Waals surface area contributed by atoms with Crippen molar-refractivity contribution in [1.82, 2.24) is 15.3 Å². The molecule has 0 fully saturated rings. The fourth-order valence-electron chi connectivity index (χ4n) is 2.04. The summed E-state index contributed by atoms with van der Waals surface area (Å²) in [5.74, 6) is 0.513. The number of rotatable bonds is 5. The number of halogens is 1. The Morgan fingerprint density at radius 1 is 1.42 bits per heavy atom. The maximum atomic E-state index is 6.01. The lowest BCUT2D eigenvalue weighted by Crippen LogP contribution is -2.24. The van der Waals surface area contributed by atoms with Crippen LogP contribution in [0.3, 0.4) is 0 Å². The van der Waals surface area contributed by atoms with Crippen molar-refractivity contribution in [1.29, 1.82) is 0 Å². The van der Waals surface area contributed by atoms with Crippen molar-refractivity contribution in [3.8, 4) is 0 Å². The van der Waals surface area contributed by atoms with Crippen LogP contribution in [-0.4, -0.2) is 16.5 Å². The third-order valence-electron chi connectivity index (χ3n) is 2.90. The van der Waals surface area contributed by atoms with Gasteiger partial charge in [-0.15, -0.1) is 0 Å². The topological polar surface area (TPSA) is 63.8 Å². The minimum atomic E-state index is 0.0837. The summed E-state index contributed by atoms with van der Waals surface area (Å²) in [7, 11) is 0. The van der Waals surface area contributed by atoms with Gasteiger partial charge in [0.2, 0.25) is 0 Å². The van der Waals surface area contributed by atoms with Crippen molar-refractivity contribution in [3.05, 3.63) is 52.9 Å². The first-order valence-electron chi connectivity index (χ1n) is 6.24.